The van der Waals surface area contributed by atoms with E-state index in [0.717, 1.165) is 5.69 Å². The summed E-state index contributed by atoms with van der Waals surface area (Å²) in [5, 5.41) is 0. The number of likely N-dealkylation sites (tertiary alicyclic amines) is 1. The second kappa shape index (κ2) is 7.68. The molecule has 0 unspecified atom stereocenters. The first-order chi connectivity index (χ1) is 12.5. The SMILES string of the molecule is CC(=O)c1ccc(N2CCN(C(=O)CCN3C(=O)CCC3=O)CC2)cc1. The molecule has 0 saturated carbocycles. The van der Waals surface area contributed by atoms with Crippen LogP contribution < -0.4 is 4.90 Å². The molecule has 0 bridgehead atoms. The number of hydrogen-bond donors (Lipinski definition) is 0. The first-order valence-corrected chi connectivity index (χ1v) is 8.92. The summed E-state index contributed by atoms with van der Waals surface area (Å²) in [6, 6.07) is 7.50. The van der Waals surface area contributed by atoms with Crippen LogP contribution in [0.1, 0.15) is 36.5 Å². The van der Waals surface area contributed by atoms with Gasteiger partial charge in [0.2, 0.25) is 17.7 Å². The second-order valence-electron chi connectivity index (χ2n) is 6.66. The van der Waals surface area contributed by atoms with Gasteiger partial charge in [0.25, 0.3) is 0 Å². The van der Waals surface area contributed by atoms with Crippen molar-refractivity contribution >= 4 is 29.2 Å². The number of nitrogens with zero attached hydrogens (tertiary/aromatic N) is 3. The summed E-state index contributed by atoms with van der Waals surface area (Å²) in [6.45, 7) is 4.37. The van der Waals surface area contributed by atoms with Crippen LogP contribution in [0, 0.1) is 0 Å². The summed E-state index contributed by atoms with van der Waals surface area (Å²) in [4.78, 5) is 52.0. The minimum absolute atomic E-state index is 0.0240. The molecule has 0 aromatic heterocycles. The van der Waals surface area contributed by atoms with E-state index in [2.05, 4.69) is 4.90 Å². The van der Waals surface area contributed by atoms with Gasteiger partial charge < -0.3 is 9.80 Å². The lowest BCUT2D eigenvalue weighted by Crippen LogP contribution is -2.49. The maximum absolute atomic E-state index is 12.4. The Morgan fingerprint density at radius 3 is 2.04 bits per heavy atom. The number of rotatable bonds is 5. The fourth-order valence-electron chi connectivity index (χ4n) is 3.36. The smallest absolute Gasteiger partial charge is 0.229 e. The summed E-state index contributed by atoms with van der Waals surface area (Å²) in [7, 11) is 0. The summed E-state index contributed by atoms with van der Waals surface area (Å²) in [5.74, 6) is -0.339. The molecule has 2 heterocycles. The van der Waals surface area contributed by atoms with Crippen LogP contribution in [0.5, 0.6) is 0 Å². The molecule has 2 aliphatic heterocycles. The molecule has 1 aromatic carbocycles. The molecule has 138 valence electrons. The lowest BCUT2D eigenvalue weighted by Gasteiger charge is -2.36. The van der Waals surface area contributed by atoms with Crippen LogP contribution in [-0.4, -0.2) is 66.0 Å². The van der Waals surface area contributed by atoms with E-state index in [4.69, 9.17) is 0 Å². The number of hydrogen-bond acceptors (Lipinski definition) is 5. The normalized spacial score (nSPS) is 17.8. The number of carbonyl (C=O) groups is 4. The van der Waals surface area contributed by atoms with Crippen molar-refractivity contribution in [3.63, 3.8) is 0 Å². The van der Waals surface area contributed by atoms with E-state index in [-0.39, 0.29) is 49.3 Å². The third kappa shape index (κ3) is 3.92. The molecule has 7 heteroatoms. The van der Waals surface area contributed by atoms with Crippen LogP contribution in [0.2, 0.25) is 0 Å². The molecular formula is C19H23N3O4. The van der Waals surface area contributed by atoms with Gasteiger partial charge in [-0.25, -0.2) is 0 Å². The Balaban J connectivity index is 1.48. The Morgan fingerprint density at radius 2 is 1.50 bits per heavy atom. The molecule has 2 fully saturated rings. The molecule has 7 nitrogen and oxygen atoms in total. The summed E-state index contributed by atoms with van der Waals surface area (Å²) in [5.41, 5.74) is 1.73. The molecule has 1 aromatic rings. The third-order valence-corrected chi connectivity index (χ3v) is 4.98. The van der Waals surface area contributed by atoms with Crippen LogP contribution in [0.25, 0.3) is 0 Å². The van der Waals surface area contributed by atoms with Crippen molar-refractivity contribution in [3.8, 4) is 0 Å². The maximum atomic E-state index is 12.4. The number of Topliss-reactive ketones (excluding diaryl/α,β-unsaturated/α-hetero) is 1. The molecule has 0 atom stereocenters. The molecule has 3 rings (SSSR count). The van der Waals surface area contributed by atoms with Gasteiger partial charge >= 0.3 is 0 Å². The van der Waals surface area contributed by atoms with E-state index in [9.17, 15) is 19.2 Å². The van der Waals surface area contributed by atoms with Crippen LogP contribution in [-0.2, 0) is 14.4 Å². The van der Waals surface area contributed by atoms with Crippen molar-refractivity contribution in [2.45, 2.75) is 26.2 Å². The average Bonchev–Trinajstić information content (AvgIpc) is 2.98. The molecular weight excluding hydrogens is 334 g/mol. The summed E-state index contributed by atoms with van der Waals surface area (Å²) >= 11 is 0. The quantitative estimate of drug-likeness (QED) is 0.582. The third-order valence-electron chi connectivity index (χ3n) is 4.98. The number of piperazine rings is 1. The molecule has 0 spiro atoms. The summed E-state index contributed by atoms with van der Waals surface area (Å²) < 4.78 is 0. The molecule has 2 aliphatic rings. The molecule has 0 N–H and O–H groups in total. The number of carbonyl (C=O) groups excluding carboxylic acids is 4. The van der Waals surface area contributed by atoms with Gasteiger partial charge in [0, 0.05) is 63.2 Å². The van der Waals surface area contributed by atoms with Crippen LogP contribution in [0.15, 0.2) is 24.3 Å². The zero-order chi connectivity index (χ0) is 18.7. The van der Waals surface area contributed by atoms with Crippen molar-refractivity contribution in [2.24, 2.45) is 0 Å². The van der Waals surface area contributed by atoms with Gasteiger partial charge in [-0.15, -0.1) is 0 Å². The van der Waals surface area contributed by atoms with Crippen molar-refractivity contribution in [2.75, 3.05) is 37.6 Å². The Kier molecular flexibility index (Phi) is 5.35. The van der Waals surface area contributed by atoms with E-state index >= 15 is 0 Å². The largest absolute Gasteiger partial charge is 0.368 e. The molecule has 0 aliphatic carbocycles. The van der Waals surface area contributed by atoms with E-state index in [1.54, 1.807) is 11.8 Å². The first-order valence-electron chi connectivity index (χ1n) is 8.92. The van der Waals surface area contributed by atoms with Crippen molar-refractivity contribution < 1.29 is 19.2 Å². The standard InChI is InChI=1S/C19H23N3O4/c1-14(23)15-2-4-16(5-3-15)20-10-12-21(13-11-20)17(24)8-9-22-18(25)6-7-19(22)26/h2-5H,6-13H2,1H3. The fraction of sp³-hybridized carbons (Fsp3) is 0.474. The lowest BCUT2D eigenvalue weighted by molar-refractivity contribution is -0.139. The molecule has 0 radical (unpaired) electrons. The Labute approximate surface area is 152 Å². The van der Waals surface area contributed by atoms with Gasteiger partial charge in [0.1, 0.15) is 0 Å². The van der Waals surface area contributed by atoms with Crippen molar-refractivity contribution in [3.05, 3.63) is 29.8 Å². The topological polar surface area (TPSA) is 78.0 Å². The second-order valence-corrected chi connectivity index (χ2v) is 6.66. The monoisotopic (exact) mass is 357 g/mol. The van der Waals surface area contributed by atoms with Crippen LogP contribution in [0.4, 0.5) is 5.69 Å². The zero-order valence-corrected chi connectivity index (χ0v) is 14.9. The highest BCUT2D eigenvalue weighted by Gasteiger charge is 2.30. The fourth-order valence-corrected chi connectivity index (χ4v) is 3.36. The molecule has 3 amide bonds. The lowest BCUT2D eigenvalue weighted by atomic mass is 10.1. The number of anilines is 1. The number of amides is 3. The Bertz CT molecular complexity index is 705. The van der Waals surface area contributed by atoms with Crippen molar-refractivity contribution in [1.82, 2.24) is 9.80 Å². The number of imide groups is 1. The highest BCUT2D eigenvalue weighted by Crippen LogP contribution is 2.18. The molecule has 2 saturated heterocycles. The minimum Gasteiger partial charge on any atom is -0.368 e. The van der Waals surface area contributed by atoms with E-state index in [1.165, 1.54) is 4.90 Å². The molecule has 26 heavy (non-hydrogen) atoms. The van der Waals surface area contributed by atoms with Gasteiger partial charge in [0.05, 0.1) is 0 Å². The highest BCUT2D eigenvalue weighted by molar-refractivity contribution is 6.02. The van der Waals surface area contributed by atoms with Gasteiger partial charge in [0.15, 0.2) is 5.78 Å². The van der Waals surface area contributed by atoms with Crippen LogP contribution in [0.3, 0.4) is 0 Å². The maximum Gasteiger partial charge on any atom is 0.229 e. The van der Waals surface area contributed by atoms with E-state index in [0.29, 0.717) is 31.7 Å². The number of benzene rings is 1. The van der Waals surface area contributed by atoms with Gasteiger partial charge in [-0.1, -0.05) is 0 Å². The zero-order valence-electron chi connectivity index (χ0n) is 14.9. The predicted molar refractivity (Wildman–Crippen MR) is 95.8 cm³/mol. The Hall–Kier alpha value is -2.70. The Morgan fingerprint density at radius 1 is 0.923 bits per heavy atom. The number of ketones is 1. The highest BCUT2D eigenvalue weighted by atomic mass is 16.2. The minimum atomic E-state index is -0.179. The average molecular weight is 357 g/mol. The predicted octanol–water partition coefficient (Wildman–Crippen LogP) is 1.08. The van der Waals surface area contributed by atoms with Gasteiger partial charge in [-0.3, -0.25) is 24.1 Å². The van der Waals surface area contributed by atoms with Crippen molar-refractivity contribution in [1.29, 1.82) is 0 Å². The first kappa shape index (κ1) is 18.1. The van der Waals surface area contributed by atoms with E-state index in [1.807, 2.05) is 24.3 Å². The van der Waals surface area contributed by atoms with Gasteiger partial charge in [-0.2, -0.15) is 0 Å². The van der Waals surface area contributed by atoms with E-state index < -0.39 is 0 Å². The van der Waals surface area contributed by atoms with Gasteiger partial charge in [-0.05, 0) is 31.2 Å². The van der Waals surface area contributed by atoms with Crippen LogP contribution >= 0.6 is 0 Å². The summed E-state index contributed by atoms with van der Waals surface area (Å²) in [6.07, 6.45) is 0.701.